The number of aromatic nitrogens is 2. The smallest absolute Gasteiger partial charge is 0.145 e. The summed E-state index contributed by atoms with van der Waals surface area (Å²) in [6.45, 7) is 0. The third-order valence-corrected chi connectivity index (χ3v) is 3.17. The van der Waals surface area contributed by atoms with Gasteiger partial charge in [-0.3, -0.25) is 4.57 Å². The lowest BCUT2D eigenvalue weighted by atomic mass is 10.1. The summed E-state index contributed by atoms with van der Waals surface area (Å²) < 4.78 is 1.82. The van der Waals surface area contributed by atoms with Gasteiger partial charge in [-0.15, -0.1) is 0 Å². The van der Waals surface area contributed by atoms with E-state index in [0.29, 0.717) is 10.8 Å². The molecule has 94 valence electrons. The third-order valence-electron chi connectivity index (χ3n) is 2.96. The summed E-state index contributed by atoms with van der Waals surface area (Å²) in [5, 5.41) is 11.5. The van der Waals surface area contributed by atoms with E-state index in [0.717, 1.165) is 16.5 Å². The van der Waals surface area contributed by atoms with E-state index >= 15 is 0 Å². The summed E-state index contributed by atoms with van der Waals surface area (Å²) in [5.74, 6) is 0.895. The molecule has 0 aliphatic carbocycles. The molecule has 0 fully saturated rings. The number of nitrogens with two attached hydrogens (primary N) is 1. The van der Waals surface area contributed by atoms with Crippen LogP contribution in [0.3, 0.4) is 0 Å². The molecule has 2 heterocycles. The van der Waals surface area contributed by atoms with E-state index in [1.54, 1.807) is 18.3 Å². The Balaban J connectivity index is 2.33. The van der Waals surface area contributed by atoms with Gasteiger partial charge in [0.25, 0.3) is 0 Å². The van der Waals surface area contributed by atoms with Crippen molar-refractivity contribution in [2.24, 2.45) is 5.73 Å². The number of phenols is 1. The number of thiocarbonyl (C=S) groups is 1. The second-order valence-electron chi connectivity index (χ2n) is 4.17. The van der Waals surface area contributed by atoms with E-state index in [2.05, 4.69) is 4.98 Å². The van der Waals surface area contributed by atoms with E-state index in [1.807, 2.05) is 35.0 Å². The van der Waals surface area contributed by atoms with Gasteiger partial charge in [0, 0.05) is 17.8 Å². The standard InChI is InChI=1S/C14H11N3OS/c15-13(19)12-2-1-7-17(12)14-11-8-10(18)4-3-9(11)5-6-16-14/h1-8,18H,(H2,15,19). The highest BCUT2D eigenvalue weighted by atomic mass is 32.1. The number of nitrogens with zero attached hydrogens (tertiary/aromatic N) is 2. The minimum atomic E-state index is 0.200. The van der Waals surface area contributed by atoms with Gasteiger partial charge < -0.3 is 10.8 Å². The lowest BCUT2D eigenvalue weighted by Crippen LogP contribution is -2.15. The molecule has 0 aliphatic heterocycles. The van der Waals surface area contributed by atoms with Gasteiger partial charge in [0.15, 0.2) is 0 Å². The molecule has 0 spiro atoms. The largest absolute Gasteiger partial charge is 0.508 e. The zero-order chi connectivity index (χ0) is 13.4. The minimum Gasteiger partial charge on any atom is -0.508 e. The number of benzene rings is 1. The van der Waals surface area contributed by atoms with E-state index < -0.39 is 0 Å². The molecule has 4 nitrogen and oxygen atoms in total. The molecule has 19 heavy (non-hydrogen) atoms. The van der Waals surface area contributed by atoms with Crippen molar-refractivity contribution in [3.05, 3.63) is 54.5 Å². The first-order valence-corrected chi connectivity index (χ1v) is 6.13. The van der Waals surface area contributed by atoms with Gasteiger partial charge in [0.1, 0.15) is 16.6 Å². The summed E-state index contributed by atoms with van der Waals surface area (Å²) >= 11 is 5.03. The molecular formula is C14H11N3OS. The summed E-state index contributed by atoms with van der Waals surface area (Å²) in [6, 6.07) is 10.8. The molecular weight excluding hydrogens is 258 g/mol. The van der Waals surface area contributed by atoms with Crippen LogP contribution in [0.15, 0.2) is 48.8 Å². The molecule has 0 atom stereocenters. The van der Waals surface area contributed by atoms with Crippen molar-refractivity contribution in [3.8, 4) is 11.6 Å². The molecule has 1 aromatic carbocycles. The zero-order valence-corrected chi connectivity index (χ0v) is 10.8. The van der Waals surface area contributed by atoms with Crippen molar-refractivity contribution >= 4 is 28.0 Å². The number of pyridine rings is 1. The van der Waals surface area contributed by atoms with Crippen LogP contribution in [0.1, 0.15) is 5.69 Å². The van der Waals surface area contributed by atoms with Crippen LogP contribution in [0, 0.1) is 0 Å². The Bertz CT molecular complexity index is 779. The Kier molecular flexibility index (Phi) is 2.68. The summed E-state index contributed by atoms with van der Waals surface area (Å²) in [5.41, 5.74) is 6.42. The predicted molar refractivity (Wildman–Crippen MR) is 78.6 cm³/mol. The topological polar surface area (TPSA) is 64.1 Å². The minimum absolute atomic E-state index is 0.200. The van der Waals surface area contributed by atoms with Gasteiger partial charge in [0.05, 0.1) is 5.69 Å². The monoisotopic (exact) mass is 269 g/mol. The number of aromatic hydroxyl groups is 1. The highest BCUT2D eigenvalue weighted by Gasteiger charge is 2.10. The van der Waals surface area contributed by atoms with Gasteiger partial charge in [-0.2, -0.15) is 0 Å². The summed E-state index contributed by atoms with van der Waals surface area (Å²) in [6.07, 6.45) is 3.57. The van der Waals surface area contributed by atoms with Gasteiger partial charge in [-0.25, -0.2) is 4.98 Å². The number of fused-ring (bicyclic) bond motifs is 1. The van der Waals surface area contributed by atoms with Crippen LogP contribution in [0.5, 0.6) is 5.75 Å². The van der Waals surface area contributed by atoms with E-state index in [9.17, 15) is 5.11 Å². The van der Waals surface area contributed by atoms with Gasteiger partial charge in [-0.1, -0.05) is 18.3 Å². The maximum Gasteiger partial charge on any atom is 0.145 e. The van der Waals surface area contributed by atoms with Crippen molar-refractivity contribution in [3.63, 3.8) is 0 Å². The maximum atomic E-state index is 9.64. The average molecular weight is 269 g/mol. The SMILES string of the molecule is NC(=S)c1cccn1-c1nccc2ccc(O)cc12. The molecule has 2 aromatic heterocycles. The highest BCUT2D eigenvalue weighted by Crippen LogP contribution is 2.25. The summed E-state index contributed by atoms with van der Waals surface area (Å²) in [7, 11) is 0. The molecule has 3 aromatic rings. The first kappa shape index (κ1) is 11.7. The molecule has 0 amide bonds. The second-order valence-corrected chi connectivity index (χ2v) is 4.61. The van der Waals surface area contributed by atoms with Crippen molar-refractivity contribution in [1.29, 1.82) is 0 Å². The third kappa shape index (κ3) is 1.94. The Hall–Kier alpha value is -2.40. The molecule has 3 N–H and O–H groups in total. The second kappa shape index (κ2) is 4.37. The van der Waals surface area contributed by atoms with Crippen molar-refractivity contribution in [1.82, 2.24) is 9.55 Å². The van der Waals surface area contributed by atoms with Crippen molar-refractivity contribution in [2.75, 3.05) is 0 Å². The molecule has 3 rings (SSSR count). The molecule has 0 unspecified atom stereocenters. The maximum absolute atomic E-state index is 9.64. The number of rotatable bonds is 2. The van der Waals surface area contributed by atoms with Gasteiger partial charge in [0.2, 0.25) is 0 Å². The number of hydrogen-bond donors (Lipinski definition) is 2. The van der Waals surface area contributed by atoms with Gasteiger partial charge >= 0.3 is 0 Å². The molecule has 0 aliphatic rings. The molecule has 0 bridgehead atoms. The fraction of sp³-hybridized carbons (Fsp3) is 0. The molecule has 0 saturated heterocycles. The quantitative estimate of drug-likeness (QED) is 0.701. The van der Waals surface area contributed by atoms with Gasteiger partial charge in [-0.05, 0) is 35.7 Å². The average Bonchev–Trinajstić information content (AvgIpc) is 2.87. The van der Waals surface area contributed by atoms with Crippen LogP contribution >= 0.6 is 12.2 Å². The zero-order valence-electron chi connectivity index (χ0n) is 9.95. The Morgan fingerprint density at radius 2 is 2.11 bits per heavy atom. The fourth-order valence-corrected chi connectivity index (χ4v) is 2.27. The van der Waals surface area contributed by atoms with E-state index in [4.69, 9.17) is 18.0 Å². The van der Waals surface area contributed by atoms with Crippen molar-refractivity contribution < 1.29 is 5.11 Å². The number of hydrogen-bond acceptors (Lipinski definition) is 3. The molecule has 0 saturated carbocycles. The van der Waals surface area contributed by atoms with E-state index in [1.165, 1.54) is 0 Å². The Morgan fingerprint density at radius 1 is 1.26 bits per heavy atom. The van der Waals surface area contributed by atoms with Crippen molar-refractivity contribution in [2.45, 2.75) is 0 Å². The molecule has 0 radical (unpaired) electrons. The van der Waals surface area contributed by atoms with Crippen LogP contribution in [0.25, 0.3) is 16.6 Å². The first-order chi connectivity index (χ1) is 9.16. The molecule has 5 heteroatoms. The van der Waals surface area contributed by atoms with Crippen LogP contribution in [0.2, 0.25) is 0 Å². The first-order valence-electron chi connectivity index (χ1n) is 5.72. The Labute approximate surface area is 115 Å². The van der Waals surface area contributed by atoms with Crippen LogP contribution in [0.4, 0.5) is 0 Å². The van der Waals surface area contributed by atoms with Crippen LogP contribution in [-0.4, -0.2) is 19.6 Å². The number of phenolic OH excluding ortho intramolecular Hbond substituents is 1. The highest BCUT2D eigenvalue weighted by molar-refractivity contribution is 7.80. The fourth-order valence-electron chi connectivity index (χ4n) is 2.10. The van der Waals surface area contributed by atoms with E-state index in [-0.39, 0.29) is 5.75 Å². The Morgan fingerprint density at radius 3 is 2.89 bits per heavy atom. The lowest BCUT2D eigenvalue weighted by Gasteiger charge is -2.10. The van der Waals surface area contributed by atoms with Crippen LogP contribution in [-0.2, 0) is 0 Å². The predicted octanol–water partition coefficient (Wildman–Crippen LogP) is 2.37. The summed E-state index contributed by atoms with van der Waals surface area (Å²) in [4.78, 5) is 4.68. The van der Waals surface area contributed by atoms with Crippen LogP contribution < -0.4 is 5.73 Å². The normalized spacial score (nSPS) is 10.7. The lowest BCUT2D eigenvalue weighted by molar-refractivity contribution is 0.476.